The number of hydrogen-bond donors (Lipinski definition) is 1. The lowest BCUT2D eigenvalue weighted by Crippen LogP contribution is -2.45. The van der Waals surface area contributed by atoms with Crippen molar-refractivity contribution >= 4 is 11.9 Å². The molecule has 0 fully saturated rings. The predicted octanol–water partition coefficient (Wildman–Crippen LogP) is 7.77. The average Bonchev–Trinajstić information content (AvgIpc) is 2.80. The quantitative estimate of drug-likeness (QED) is 0.170. The molecule has 4 nitrogen and oxygen atoms in total. The van der Waals surface area contributed by atoms with Crippen LogP contribution in [0.4, 0.5) is 0 Å². The molecule has 0 saturated heterocycles. The van der Waals surface area contributed by atoms with E-state index in [4.69, 9.17) is 4.74 Å². The summed E-state index contributed by atoms with van der Waals surface area (Å²) in [7, 11) is 0. The molecule has 1 N–H and O–H groups in total. The van der Waals surface area contributed by atoms with E-state index in [1.807, 2.05) is 32.9 Å². The Morgan fingerprint density at radius 1 is 0.758 bits per heavy atom. The van der Waals surface area contributed by atoms with Gasteiger partial charge in [0, 0.05) is 5.56 Å². The molecule has 0 aromatic heterocycles. The van der Waals surface area contributed by atoms with Crippen molar-refractivity contribution in [3.8, 4) is 0 Å². The molecule has 1 amide bonds. The topological polar surface area (TPSA) is 55.4 Å². The van der Waals surface area contributed by atoms with Crippen LogP contribution in [0.5, 0.6) is 0 Å². The standard InChI is InChI=1S/C29H49NO3/c1-5-6-7-8-9-10-11-12-13-14-15-16-17-18-23-33-29(32)27(24(2)3)30-28(31)26-21-19-25(4)20-22-26/h19-22,24,27H,5-18,23H2,1-4H3,(H,30,31). The molecule has 0 aliphatic heterocycles. The first-order valence-corrected chi connectivity index (χ1v) is 13.5. The lowest BCUT2D eigenvalue weighted by molar-refractivity contribution is -0.147. The zero-order valence-electron chi connectivity index (χ0n) is 21.8. The highest BCUT2D eigenvalue weighted by molar-refractivity contribution is 5.96. The van der Waals surface area contributed by atoms with Crippen molar-refractivity contribution in [2.75, 3.05) is 6.61 Å². The SMILES string of the molecule is CCCCCCCCCCCCCCCCOC(=O)C(NC(=O)c1ccc(C)cc1)C(C)C. The van der Waals surface area contributed by atoms with Gasteiger partial charge in [0.2, 0.25) is 0 Å². The molecule has 0 bridgehead atoms. The van der Waals surface area contributed by atoms with Crippen molar-refractivity contribution in [3.63, 3.8) is 0 Å². The van der Waals surface area contributed by atoms with Gasteiger partial charge >= 0.3 is 5.97 Å². The number of ether oxygens (including phenoxy) is 1. The Morgan fingerprint density at radius 3 is 1.67 bits per heavy atom. The maximum absolute atomic E-state index is 12.5. The van der Waals surface area contributed by atoms with E-state index < -0.39 is 6.04 Å². The molecular weight excluding hydrogens is 410 g/mol. The third-order valence-electron chi connectivity index (χ3n) is 6.26. The molecule has 188 valence electrons. The van der Waals surface area contributed by atoms with Crippen molar-refractivity contribution in [3.05, 3.63) is 35.4 Å². The number of aryl methyl sites for hydroxylation is 1. The Balaban J connectivity index is 2.08. The predicted molar refractivity (Wildman–Crippen MR) is 139 cm³/mol. The summed E-state index contributed by atoms with van der Waals surface area (Å²) in [6.07, 6.45) is 18.2. The first-order chi connectivity index (χ1) is 16.0. The normalized spacial score (nSPS) is 12.0. The summed E-state index contributed by atoms with van der Waals surface area (Å²) < 4.78 is 5.47. The second-order valence-corrected chi connectivity index (χ2v) is 9.82. The molecule has 0 radical (unpaired) electrons. The van der Waals surface area contributed by atoms with E-state index in [1.54, 1.807) is 12.1 Å². The third kappa shape index (κ3) is 14.1. The molecule has 1 aromatic rings. The number of benzene rings is 1. The van der Waals surface area contributed by atoms with E-state index in [1.165, 1.54) is 77.0 Å². The summed E-state index contributed by atoms with van der Waals surface area (Å²) in [5, 5.41) is 2.84. The van der Waals surface area contributed by atoms with Crippen molar-refractivity contribution in [2.24, 2.45) is 5.92 Å². The van der Waals surface area contributed by atoms with E-state index in [9.17, 15) is 9.59 Å². The Labute approximate surface area is 203 Å². The fourth-order valence-electron chi connectivity index (χ4n) is 3.99. The summed E-state index contributed by atoms with van der Waals surface area (Å²) in [6, 6.07) is 6.73. The summed E-state index contributed by atoms with van der Waals surface area (Å²) in [4.78, 5) is 25.0. The van der Waals surface area contributed by atoms with E-state index >= 15 is 0 Å². The van der Waals surface area contributed by atoms with Gasteiger partial charge in [0.25, 0.3) is 5.91 Å². The number of nitrogens with one attached hydrogen (secondary N) is 1. The Bertz CT molecular complexity index is 639. The van der Waals surface area contributed by atoms with Gasteiger partial charge < -0.3 is 10.1 Å². The number of amides is 1. The molecular formula is C29H49NO3. The molecule has 0 saturated carbocycles. The highest BCUT2D eigenvalue weighted by Gasteiger charge is 2.26. The number of unbranched alkanes of at least 4 members (excludes halogenated alkanes) is 13. The van der Waals surface area contributed by atoms with Gasteiger partial charge in [-0.2, -0.15) is 0 Å². The molecule has 4 heteroatoms. The molecule has 0 aliphatic carbocycles. The van der Waals surface area contributed by atoms with Crippen LogP contribution in [0.3, 0.4) is 0 Å². The number of hydrogen-bond acceptors (Lipinski definition) is 3. The van der Waals surface area contributed by atoms with E-state index in [0.29, 0.717) is 12.2 Å². The van der Waals surface area contributed by atoms with E-state index in [0.717, 1.165) is 18.4 Å². The van der Waals surface area contributed by atoms with Crippen molar-refractivity contribution in [2.45, 2.75) is 124 Å². The molecule has 33 heavy (non-hydrogen) atoms. The van der Waals surface area contributed by atoms with Gasteiger partial charge in [-0.15, -0.1) is 0 Å². The van der Waals surface area contributed by atoms with Crippen LogP contribution in [0.15, 0.2) is 24.3 Å². The van der Waals surface area contributed by atoms with Gasteiger partial charge in [0.05, 0.1) is 6.61 Å². The van der Waals surface area contributed by atoms with Gasteiger partial charge in [0.15, 0.2) is 0 Å². The van der Waals surface area contributed by atoms with Crippen LogP contribution in [0.2, 0.25) is 0 Å². The smallest absolute Gasteiger partial charge is 0.328 e. The lowest BCUT2D eigenvalue weighted by atomic mass is 10.0. The average molecular weight is 460 g/mol. The van der Waals surface area contributed by atoms with E-state index in [-0.39, 0.29) is 17.8 Å². The van der Waals surface area contributed by atoms with Crippen LogP contribution in [0.1, 0.15) is 127 Å². The Hall–Kier alpha value is -1.84. The summed E-state index contributed by atoms with van der Waals surface area (Å²) in [5.74, 6) is -0.592. The van der Waals surface area contributed by atoms with Crippen molar-refractivity contribution in [1.29, 1.82) is 0 Å². The van der Waals surface area contributed by atoms with Gasteiger partial charge in [-0.25, -0.2) is 4.79 Å². The minimum atomic E-state index is -0.620. The zero-order valence-corrected chi connectivity index (χ0v) is 21.8. The van der Waals surface area contributed by atoms with Crippen LogP contribution in [-0.4, -0.2) is 24.5 Å². The lowest BCUT2D eigenvalue weighted by Gasteiger charge is -2.21. The van der Waals surface area contributed by atoms with Crippen LogP contribution in [0.25, 0.3) is 0 Å². The van der Waals surface area contributed by atoms with E-state index in [2.05, 4.69) is 12.2 Å². The Kier molecular flexibility index (Phi) is 16.4. The first-order valence-electron chi connectivity index (χ1n) is 13.5. The van der Waals surface area contributed by atoms with Gasteiger partial charge in [-0.05, 0) is 31.4 Å². The summed E-state index contributed by atoms with van der Waals surface area (Å²) in [6.45, 7) is 8.53. The molecule has 1 aromatic carbocycles. The van der Waals surface area contributed by atoms with Crippen molar-refractivity contribution in [1.82, 2.24) is 5.32 Å². The molecule has 1 atom stereocenters. The monoisotopic (exact) mass is 459 g/mol. The number of esters is 1. The van der Waals surface area contributed by atoms with Gasteiger partial charge in [-0.3, -0.25) is 4.79 Å². The minimum absolute atomic E-state index is 0.0248. The maximum atomic E-state index is 12.5. The largest absolute Gasteiger partial charge is 0.464 e. The molecule has 1 rings (SSSR count). The molecule has 1 unspecified atom stereocenters. The van der Waals surface area contributed by atoms with Crippen LogP contribution in [-0.2, 0) is 9.53 Å². The summed E-state index contributed by atoms with van der Waals surface area (Å²) >= 11 is 0. The highest BCUT2D eigenvalue weighted by atomic mass is 16.5. The fraction of sp³-hybridized carbons (Fsp3) is 0.724. The van der Waals surface area contributed by atoms with Gasteiger partial charge in [0.1, 0.15) is 6.04 Å². The van der Waals surface area contributed by atoms with Gasteiger partial charge in [-0.1, -0.05) is 122 Å². The molecule has 0 aliphatic rings. The second-order valence-electron chi connectivity index (χ2n) is 9.82. The van der Waals surface area contributed by atoms with Crippen molar-refractivity contribution < 1.29 is 14.3 Å². The van der Waals surface area contributed by atoms with Crippen LogP contribution in [0, 0.1) is 12.8 Å². The zero-order chi connectivity index (χ0) is 24.3. The summed E-state index contributed by atoms with van der Waals surface area (Å²) in [5.41, 5.74) is 1.66. The fourth-order valence-corrected chi connectivity index (χ4v) is 3.99. The number of carbonyl (C=O) groups excluding carboxylic acids is 2. The number of rotatable bonds is 19. The third-order valence-corrected chi connectivity index (χ3v) is 6.26. The van der Waals surface area contributed by atoms with Crippen LogP contribution < -0.4 is 5.32 Å². The molecule has 0 heterocycles. The molecule has 0 spiro atoms. The first kappa shape index (κ1) is 29.2. The Morgan fingerprint density at radius 2 is 1.21 bits per heavy atom. The maximum Gasteiger partial charge on any atom is 0.328 e. The second kappa shape index (κ2) is 18.6. The van der Waals surface area contributed by atoms with Crippen LogP contribution >= 0.6 is 0 Å². The number of carbonyl (C=O) groups is 2. The minimum Gasteiger partial charge on any atom is -0.464 e. The highest BCUT2D eigenvalue weighted by Crippen LogP contribution is 2.13.